The lowest BCUT2D eigenvalue weighted by molar-refractivity contribution is 0.0973. The van der Waals surface area contributed by atoms with Crippen LogP contribution in [-0.2, 0) is 5.41 Å². The molecular weight excluding hydrogens is 242 g/mol. The summed E-state index contributed by atoms with van der Waals surface area (Å²) in [5, 5.41) is 9.68. The molecule has 0 amide bonds. The van der Waals surface area contributed by atoms with Crippen LogP contribution in [-0.4, -0.2) is 32.0 Å². The van der Waals surface area contributed by atoms with Crippen LogP contribution in [0.1, 0.15) is 31.2 Å². The van der Waals surface area contributed by atoms with E-state index in [4.69, 9.17) is 15.2 Å². The Hall–Kier alpha value is -1.26. The van der Waals surface area contributed by atoms with Crippen molar-refractivity contribution in [2.24, 2.45) is 5.73 Å². The number of hydrogen-bond acceptors (Lipinski definition) is 4. The number of nitrogens with two attached hydrogens (primary N) is 1. The Morgan fingerprint density at radius 1 is 1.21 bits per heavy atom. The van der Waals surface area contributed by atoms with Crippen LogP contribution >= 0.6 is 0 Å². The lowest BCUT2D eigenvalue weighted by atomic mass is 9.68. The highest BCUT2D eigenvalue weighted by Gasteiger charge is 2.35. The van der Waals surface area contributed by atoms with Crippen molar-refractivity contribution in [3.05, 3.63) is 23.8 Å². The Labute approximate surface area is 114 Å². The summed E-state index contributed by atoms with van der Waals surface area (Å²) < 4.78 is 10.6. The molecule has 0 radical (unpaired) electrons. The number of hydrogen-bond donors (Lipinski definition) is 2. The van der Waals surface area contributed by atoms with Crippen LogP contribution in [0.4, 0.5) is 0 Å². The predicted octanol–water partition coefficient (Wildman–Crippen LogP) is 1.84. The van der Waals surface area contributed by atoms with E-state index < -0.39 is 0 Å². The van der Waals surface area contributed by atoms with E-state index in [2.05, 4.69) is 6.07 Å². The highest BCUT2D eigenvalue weighted by atomic mass is 16.5. The molecule has 4 heteroatoms. The van der Waals surface area contributed by atoms with Gasteiger partial charge in [0.25, 0.3) is 0 Å². The molecule has 1 aromatic rings. The summed E-state index contributed by atoms with van der Waals surface area (Å²) in [6.07, 6.45) is 3.28. The van der Waals surface area contributed by atoms with Gasteiger partial charge in [-0.1, -0.05) is 6.07 Å². The fraction of sp³-hybridized carbons (Fsp3) is 0.600. The van der Waals surface area contributed by atoms with Crippen LogP contribution in [0.3, 0.4) is 0 Å². The van der Waals surface area contributed by atoms with Crippen LogP contribution in [0.5, 0.6) is 11.5 Å². The van der Waals surface area contributed by atoms with Crippen LogP contribution < -0.4 is 15.2 Å². The molecule has 106 valence electrons. The van der Waals surface area contributed by atoms with Crippen LogP contribution in [0, 0.1) is 0 Å². The molecule has 1 aliphatic rings. The summed E-state index contributed by atoms with van der Waals surface area (Å²) in [6, 6.07) is 6.01. The largest absolute Gasteiger partial charge is 0.493 e. The van der Waals surface area contributed by atoms with Gasteiger partial charge in [-0.2, -0.15) is 0 Å². The van der Waals surface area contributed by atoms with Crippen molar-refractivity contribution in [1.82, 2.24) is 0 Å². The fourth-order valence-corrected chi connectivity index (χ4v) is 2.93. The van der Waals surface area contributed by atoms with Crippen LogP contribution in [0.25, 0.3) is 0 Å². The minimum absolute atomic E-state index is 0.0429. The van der Waals surface area contributed by atoms with E-state index in [9.17, 15) is 5.11 Å². The summed E-state index contributed by atoms with van der Waals surface area (Å²) >= 11 is 0. The first-order valence-corrected chi connectivity index (χ1v) is 6.76. The zero-order chi connectivity index (χ0) is 13.9. The molecule has 0 bridgehead atoms. The smallest absolute Gasteiger partial charge is 0.161 e. The van der Waals surface area contributed by atoms with Crippen molar-refractivity contribution in [2.75, 3.05) is 20.8 Å². The van der Waals surface area contributed by atoms with Gasteiger partial charge < -0.3 is 20.3 Å². The van der Waals surface area contributed by atoms with Crippen molar-refractivity contribution >= 4 is 0 Å². The minimum Gasteiger partial charge on any atom is -0.493 e. The Morgan fingerprint density at radius 3 is 2.37 bits per heavy atom. The highest BCUT2D eigenvalue weighted by molar-refractivity contribution is 5.45. The first kappa shape index (κ1) is 14.2. The lowest BCUT2D eigenvalue weighted by Gasteiger charge is -2.38. The molecule has 4 nitrogen and oxygen atoms in total. The Balaban J connectivity index is 2.33. The summed E-state index contributed by atoms with van der Waals surface area (Å²) in [6.45, 7) is 0.592. The second-order valence-corrected chi connectivity index (χ2v) is 5.29. The molecule has 0 aromatic heterocycles. The van der Waals surface area contributed by atoms with E-state index in [0.29, 0.717) is 6.54 Å². The number of methoxy groups -OCH3 is 2. The quantitative estimate of drug-likeness (QED) is 0.872. The molecule has 0 atom stereocenters. The summed E-state index contributed by atoms with van der Waals surface area (Å²) in [5.74, 6) is 1.47. The first-order chi connectivity index (χ1) is 9.15. The molecule has 19 heavy (non-hydrogen) atoms. The summed E-state index contributed by atoms with van der Waals surface area (Å²) in [4.78, 5) is 0. The predicted molar refractivity (Wildman–Crippen MR) is 74.8 cm³/mol. The third-order valence-electron chi connectivity index (χ3n) is 4.30. The van der Waals surface area contributed by atoms with Crippen molar-refractivity contribution in [3.8, 4) is 11.5 Å². The molecule has 1 saturated carbocycles. The molecule has 0 saturated heterocycles. The van der Waals surface area contributed by atoms with Gasteiger partial charge in [0.1, 0.15) is 0 Å². The topological polar surface area (TPSA) is 64.7 Å². The van der Waals surface area contributed by atoms with Gasteiger partial charge in [-0.3, -0.25) is 0 Å². The lowest BCUT2D eigenvalue weighted by Crippen LogP contribution is -2.40. The maximum Gasteiger partial charge on any atom is 0.161 e. The molecule has 1 aliphatic carbocycles. The summed E-state index contributed by atoms with van der Waals surface area (Å²) in [5.41, 5.74) is 7.16. The summed E-state index contributed by atoms with van der Waals surface area (Å²) in [7, 11) is 3.27. The monoisotopic (exact) mass is 265 g/mol. The van der Waals surface area contributed by atoms with Gasteiger partial charge in [0, 0.05) is 12.0 Å². The Morgan fingerprint density at radius 2 is 1.84 bits per heavy atom. The van der Waals surface area contributed by atoms with E-state index in [1.54, 1.807) is 14.2 Å². The van der Waals surface area contributed by atoms with Crippen molar-refractivity contribution in [3.63, 3.8) is 0 Å². The molecule has 2 rings (SSSR count). The van der Waals surface area contributed by atoms with E-state index in [1.165, 1.54) is 5.56 Å². The Bertz CT molecular complexity index is 425. The molecule has 0 heterocycles. The van der Waals surface area contributed by atoms with Gasteiger partial charge in [0.2, 0.25) is 0 Å². The second kappa shape index (κ2) is 5.80. The second-order valence-electron chi connectivity index (χ2n) is 5.29. The number of aliphatic hydroxyl groups is 1. The van der Waals surface area contributed by atoms with Crippen molar-refractivity contribution in [2.45, 2.75) is 37.2 Å². The van der Waals surface area contributed by atoms with Crippen molar-refractivity contribution < 1.29 is 14.6 Å². The zero-order valence-electron chi connectivity index (χ0n) is 11.7. The third-order valence-corrected chi connectivity index (χ3v) is 4.30. The van der Waals surface area contributed by atoms with Gasteiger partial charge >= 0.3 is 0 Å². The highest BCUT2D eigenvalue weighted by Crippen LogP contribution is 2.41. The number of benzene rings is 1. The number of rotatable bonds is 4. The SMILES string of the molecule is COc1ccc(C2(CN)CCC(O)CC2)cc1OC. The van der Waals surface area contributed by atoms with Crippen molar-refractivity contribution in [1.29, 1.82) is 0 Å². The Kier molecular flexibility index (Phi) is 4.32. The standard InChI is InChI=1S/C15H23NO3/c1-18-13-4-3-11(9-14(13)19-2)15(10-16)7-5-12(17)6-8-15/h3-4,9,12,17H,5-8,10,16H2,1-2H3. The molecule has 3 N–H and O–H groups in total. The average molecular weight is 265 g/mol. The molecular formula is C15H23NO3. The zero-order valence-corrected chi connectivity index (χ0v) is 11.7. The van der Waals surface area contributed by atoms with Gasteiger partial charge in [0.05, 0.1) is 20.3 Å². The van der Waals surface area contributed by atoms with Crippen LogP contribution in [0.15, 0.2) is 18.2 Å². The van der Waals surface area contributed by atoms with E-state index in [0.717, 1.165) is 37.2 Å². The maximum atomic E-state index is 9.68. The molecule has 0 spiro atoms. The number of aliphatic hydroxyl groups excluding tert-OH is 1. The minimum atomic E-state index is -0.181. The third kappa shape index (κ3) is 2.69. The molecule has 1 aromatic carbocycles. The van der Waals surface area contributed by atoms with E-state index in [1.807, 2.05) is 12.1 Å². The van der Waals surface area contributed by atoms with E-state index >= 15 is 0 Å². The van der Waals surface area contributed by atoms with Gasteiger partial charge in [-0.05, 0) is 43.4 Å². The fourth-order valence-electron chi connectivity index (χ4n) is 2.93. The van der Waals surface area contributed by atoms with Gasteiger partial charge in [-0.25, -0.2) is 0 Å². The molecule has 1 fully saturated rings. The van der Waals surface area contributed by atoms with E-state index in [-0.39, 0.29) is 11.5 Å². The van der Waals surface area contributed by atoms with Gasteiger partial charge in [0.15, 0.2) is 11.5 Å². The van der Waals surface area contributed by atoms with Gasteiger partial charge in [-0.15, -0.1) is 0 Å². The average Bonchev–Trinajstić information content (AvgIpc) is 2.47. The number of ether oxygens (including phenoxy) is 2. The molecule has 0 aliphatic heterocycles. The molecule has 0 unspecified atom stereocenters. The first-order valence-electron chi connectivity index (χ1n) is 6.76. The normalized spacial score (nSPS) is 27.1. The maximum absolute atomic E-state index is 9.68. The van der Waals surface area contributed by atoms with Crippen LogP contribution in [0.2, 0.25) is 0 Å².